The van der Waals surface area contributed by atoms with E-state index in [4.69, 9.17) is 0 Å². The van der Waals surface area contributed by atoms with Crippen LogP contribution in [0.15, 0.2) is 0 Å². The van der Waals surface area contributed by atoms with Gasteiger partial charge in [0, 0.05) is 6.42 Å². The summed E-state index contributed by atoms with van der Waals surface area (Å²) in [5, 5.41) is -0.823. The van der Waals surface area contributed by atoms with E-state index in [-0.39, 0.29) is 12.4 Å². The Morgan fingerprint density at radius 3 is 1.92 bits per heavy atom. The van der Waals surface area contributed by atoms with Gasteiger partial charge >= 0.3 is 29.9 Å². The second-order valence-electron chi connectivity index (χ2n) is 4.72. The number of ether oxygens (including phenoxy) is 1. The molecule has 0 aliphatic carbocycles. The zero-order valence-electron chi connectivity index (χ0n) is 12.5. The van der Waals surface area contributed by atoms with Crippen LogP contribution in [0.2, 0.25) is 0 Å². The maximum atomic E-state index is 13.2. The maximum absolute atomic E-state index is 13.2. The van der Waals surface area contributed by atoms with Crippen molar-refractivity contribution in [3.8, 4) is 0 Å². The standard InChI is InChI=1S/C12H15F9O2S/c1-3-23-8(22)7(2)24-6-4-5-9(13,14)10(15,16)11(17,18)12(19,20)21/h7H,3-6H2,1-2H3. The van der Waals surface area contributed by atoms with Crippen LogP contribution < -0.4 is 0 Å². The Kier molecular flexibility index (Phi) is 7.77. The minimum Gasteiger partial charge on any atom is -0.465 e. The zero-order valence-corrected chi connectivity index (χ0v) is 13.3. The summed E-state index contributed by atoms with van der Waals surface area (Å²) < 4.78 is 118. The van der Waals surface area contributed by atoms with Gasteiger partial charge in [0.25, 0.3) is 0 Å². The fraction of sp³-hybridized carbons (Fsp3) is 0.917. The normalized spacial score (nSPS) is 15.3. The number of rotatable bonds is 9. The second-order valence-corrected chi connectivity index (χ2v) is 6.17. The van der Waals surface area contributed by atoms with Gasteiger partial charge in [-0.15, -0.1) is 11.8 Å². The SMILES string of the molecule is CCOC(=O)C(C)SCCCC(F)(F)C(F)(F)C(F)(F)C(F)(F)F. The van der Waals surface area contributed by atoms with Gasteiger partial charge in [0.15, 0.2) is 0 Å². The molecule has 0 N–H and O–H groups in total. The summed E-state index contributed by atoms with van der Waals surface area (Å²) in [5.41, 5.74) is 0. The summed E-state index contributed by atoms with van der Waals surface area (Å²) in [6.45, 7) is 2.91. The molecule has 0 aliphatic heterocycles. The molecular formula is C12H15F9O2S. The van der Waals surface area contributed by atoms with Crippen LogP contribution in [0.25, 0.3) is 0 Å². The molecule has 0 rings (SSSR count). The lowest BCUT2D eigenvalue weighted by atomic mass is 10.00. The number of halogens is 9. The second kappa shape index (κ2) is 8.05. The van der Waals surface area contributed by atoms with Crippen molar-refractivity contribution in [2.45, 2.75) is 55.9 Å². The summed E-state index contributed by atoms with van der Waals surface area (Å²) in [6, 6.07) is 0. The number of alkyl halides is 9. The fourth-order valence-corrected chi connectivity index (χ4v) is 2.32. The van der Waals surface area contributed by atoms with Crippen molar-refractivity contribution < 1.29 is 49.0 Å². The van der Waals surface area contributed by atoms with Gasteiger partial charge in [0.1, 0.15) is 0 Å². The van der Waals surface area contributed by atoms with Crippen LogP contribution in [0.3, 0.4) is 0 Å². The molecular weight excluding hydrogens is 379 g/mol. The highest BCUT2D eigenvalue weighted by molar-refractivity contribution is 8.00. The molecule has 0 radical (unpaired) electrons. The van der Waals surface area contributed by atoms with E-state index in [1.54, 1.807) is 0 Å². The minimum absolute atomic E-state index is 0.0561. The van der Waals surface area contributed by atoms with Gasteiger partial charge in [-0.2, -0.15) is 39.5 Å². The van der Waals surface area contributed by atoms with Gasteiger partial charge in [-0.25, -0.2) is 0 Å². The van der Waals surface area contributed by atoms with E-state index in [2.05, 4.69) is 4.74 Å². The highest BCUT2D eigenvalue weighted by Gasteiger charge is 2.81. The lowest BCUT2D eigenvalue weighted by Gasteiger charge is -2.33. The van der Waals surface area contributed by atoms with Crippen molar-refractivity contribution in [3.05, 3.63) is 0 Å². The van der Waals surface area contributed by atoms with Crippen LogP contribution in [-0.2, 0) is 9.53 Å². The molecule has 1 atom stereocenters. The first-order valence-corrected chi connectivity index (χ1v) is 7.65. The number of thioether (sulfide) groups is 1. The Hall–Kier alpha value is -0.810. The molecule has 0 heterocycles. The molecule has 24 heavy (non-hydrogen) atoms. The summed E-state index contributed by atoms with van der Waals surface area (Å²) in [5.74, 6) is -20.0. The van der Waals surface area contributed by atoms with Crippen molar-refractivity contribution >= 4 is 17.7 Å². The molecule has 0 bridgehead atoms. The molecule has 0 amide bonds. The highest BCUT2D eigenvalue weighted by Crippen LogP contribution is 2.54. The van der Waals surface area contributed by atoms with Crippen molar-refractivity contribution in [1.29, 1.82) is 0 Å². The monoisotopic (exact) mass is 394 g/mol. The molecule has 1 unspecified atom stereocenters. The van der Waals surface area contributed by atoms with Crippen molar-refractivity contribution in [2.24, 2.45) is 0 Å². The first-order chi connectivity index (χ1) is 10.6. The molecule has 0 spiro atoms. The molecule has 12 heteroatoms. The molecule has 0 saturated heterocycles. The molecule has 0 aromatic rings. The number of hydrogen-bond acceptors (Lipinski definition) is 3. The largest absolute Gasteiger partial charge is 0.465 e. The fourth-order valence-electron chi connectivity index (χ4n) is 1.45. The molecule has 0 aromatic heterocycles. The Morgan fingerprint density at radius 2 is 1.50 bits per heavy atom. The van der Waals surface area contributed by atoms with Gasteiger partial charge < -0.3 is 4.74 Å². The number of esters is 1. The minimum atomic E-state index is -6.87. The summed E-state index contributed by atoms with van der Waals surface area (Å²) >= 11 is 0.726. The quantitative estimate of drug-likeness (QED) is 0.316. The van der Waals surface area contributed by atoms with Gasteiger partial charge in [0.05, 0.1) is 11.9 Å². The zero-order chi connectivity index (χ0) is 19.4. The third-order valence-corrected chi connectivity index (χ3v) is 4.05. The van der Waals surface area contributed by atoms with Crippen molar-refractivity contribution in [3.63, 3.8) is 0 Å². The molecule has 0 aliphatic rings. The number of hydrogen-bond donors (Lipinski definition) is 0. The molecule has 144 valence electrons. The van der Waals surface area contributed by atoms with Crippen LogP contribution in [0, 0.1) is 0 Å². The van der Waals surface area contributed by atoms with Crippen LogP contribution in [0.1, 0.15) is 26.7 Å². The van der Waals surface area contributed by atoms with Crippen molar-refractivity contribution in [1.82, 2.24) is 0 Å². The average molecular weight is 394 g/mol. The van der Waals surface area contributed by atoms with E-state index in [9.17, 15) is 44.3 Å². The Labute approximate surface area is 136 Å². The molecule has 0 saturated carbocycles. The van der Waals surface area contributed by atoms with Gasteiger partial charge in [0.2, 0.25) is 0 Å². The van der Waals surface area contributed by atoms with E-state index in [0.717, 1.165) is 11.8 Å². The van der Waals surface area contributed by atoms with E-state index < -0.39 is 48.0 Å². The van der Waals surface area contributed by atoms with Gasteiger partial charge in [-0.1, -0.05) is 0 Å². The maximum Gasteiger partial charge on any atom is 0.460 e. The predicted octanol–water partition coefficient (Wildman–Crippen LogP) is 4.92. The topological polar surface area (TPSA) is 26.3 Å². The number of carbonyl (C=O) groups excluding carboxylic acids is 1. The Morgan fingerprint density at radius 1 is 1.00 bits per heavy atom. The van der Waals surface area contributed by atoms with Crippen LogP contribution in [0.4, 0.5) is 39.5 Å². The Balaban J connectivity index is 4.72. The molecule has 2 nitrogen and oxygen atoms in total. The lowest BCUT2D eigenvalue weighted by Crippen LogP contribution is -2.60. The van der Waals surface area contributed by atoms with Crippen LogP contribution in [0.5, 0.6) is 0 Å². The van der Waals surface area contributed by atoms with Crippen molar-refractivity contribution in [2.75, 3.05) is 12.4 Å². The average Bonchev–Trinajstić information content (AvgIpc) is 2.41. The first-order valence-electron chi connectivity index (χ1n) is 6.60. The van der Waals surface area contributed by atoms with Gasteiger partial charge in [-0.05, 0) is 26.0 Å². The third kappa shape index (κ3) is 5.09. The summed E-state index contributed by atoms with van der Waals surface area (Å²) in [4.78, 5) is 11.2. The van der Waals surface area contributed by atoms with Crippen LogP contribution >= 0.6 is 11.8 Å². The summed E-state index contributed by atoms with van der Waals surface area (Å²) in [7, 11) is 0. The lowest BCUT2D eigenvalue weighted by molar-refractivity contribution is -0.396. The summed E-state index contributed by atoms with van der Waals surface area (Å²) in [6.07, 6.45) is -9.51. The van der Waals surface area contributed by atoms with E-state index >= 15 is 0 Å². The van der Waals surface area contributed by atoms with E-state index in [0.29, 0.717) is 0 Å². The first kappa shape index (κ1) is 23.2. The molecule has 0 aromatic carbocycles. The van der Waals surface area contributed by atoms with Gasteiger partial charge in [-0.3, -0.25) is 4.79 Å². The predicted molar refractivity (Wildman–Crippen MR) is 68.7 cm³/mol. The van der Waals surface area contributed by atoms with Crippen LogP contribution in [-0.4, -0.2) is 47.5 Å². The molecule has 0 fully saturated rings. The van der Waals surface area contributed by atoms with E-state index in [1.165, 1.54) is 13.8 Å². The van der Waals surface area contributed by atoms with E-state index in [1.807, 2.05) is 0 Å². The highest BCUT2D eigenvalue weighted by atomic mass is 32.2. The smallest absolute Gasteiger partial charge is 0.460 e. The number of carbonyl (C=O) groups is 1. The third-order valence-electron chi connectivity index (χ3n) is 2.83. The Bertz CT molecular complexity index is 423.